The average Bonchev–Trinajstić information content (AvgIpc) is 2.64. The molecule has 0 radical (unpaired) electrons. The van der Waals surface area contributed by atoms with Gasteiger partial charge in [0.25, 0.3) is 0 Å². The van der Waals surface area contributed by atoms with Crippen LogP contribution in [0, 0.1) is 25.7 Å². The van der Waals surface area contributed by atoms with E-state index in [0.717, 1.165) is 24.8 Å². The molecule has 0 saturated heterocycles. The Morgan fingerprint density at radius 1 is 1.04 bits per heavy atom. The zero-order chi connectivity index (χ0) is 19.2. The molecule has 3 rings (SSSR count). The lowest BCUT2D eigenvalue weighted by atomic mass is 9.79. The number of nitrogens with zero attached hydrogens (tertiary/aromatic N) is 1. The van der Waals surface area contributed by atoms with Crippen LogP contribution in [0.3, 0.4) is 0 Å². The summed E-state index contributed by atoms with van der Waals surface area (Å²) < 4.78 is 6.31. The number of benzene rings is 2. The normalized spacial score (nSPS) is 21.2. The molecule has 1 aliphatic carbocycles. The van der Waals surface area contributed by atoms with E-state index in [2.05, 4.69) is 81.2 Å². The Labute approximate surface area is 165 Å². The van der Waals surface area contributed by atoms with E-state index in [9.17, 15) is 0 Å². The molecule has 2 nitrogen and oxygen atoms in total. The highest BCUT2D eigenvalue weighted by molar-refractivity contribution is 5.27. The molecule has 1 saturated carbocycles. The molecule has 3 atom stereocenters. The van der Waals surface area contributed by atoms with Crippen molar-refractivity contribution >= 4 is 0 Å². The van der Waals surface area contributed by atoms with E-state index < -0.39 is 0 Å². The second-order valence-electron chi connectivity index (χ2n) is 8.64. The molecule has 0 amide bonds. The van der Waals surface area contributed by atoms with E-state index >= 15 is 0 Å². The number of rotatable bonds is 7. The molecule has 0 N–H and O–H groups in total. The van der Waals surface area contributed by atoms with E-state index in [1.54, 1.807) is 0 Å². The van der Waals surface area contributed by atoms with Crippen LogP contribution in [0.5, 0.6) is 5.75 Å². The molecule has 0 aliphatic heterocycles. The third-order valence-electron chi connectivity index (χ3n) is 5.94. The van der Waals surface area contributed by atoms with Crippen molar-refractivity contribution in [3.05, 3.63) is 65.2 Å². The zero-order valence-electron chi connectivity index (χ0n) is 17.4. The van der Waals surface area contributed by atoms with Gasteiger partial charge in [-0.25, -0.2) is 0 Å². The van der Waals surface area contributed by atoms with E-state index in [4.69, 9.17) is 4.74 Å². The molecule has 2 aromatic rings. The van der Waals surface area contributed by atoms with E-state index in [-0.39, 0.29) is 0 Å². The Kier molecular flexibility index (Phi) is 6.95. The van der Waals surface area contributed by atoms with Gasteiger partial charge in [0.05, 0.1) is 6.10 Å². The fourth-order valence-corrected chi connectivity index (χ4v) is 4.40. The van der Waals surface area contributed by atoms with E-state index in [0.29, 0.717) is 12.0 Å². The minimum absolute atomic E-state index is 0.371. The molecular weight excluding hydrogens is 330 g/mol. The highest BCUT2D eigenvalue weighted by Crippen LogP contribution is 2.33. The average molecular weight is 366 g/mol. The lowest BCUT2D eigenvalue weighted by Gasteiger charge is -2.35. The molecular formula is C25H35NO. The fraction of sp³-hybridized carbons (Fsp3) is 0.520. The van der Waals surface area contributed by atoms with Crippen LogP contribution in [0.1, 0.15) is 49.3 Å². The van der Waals surface area contributed by atoms with Crippen LogP contribution in [0.15, 0.2) is 48.5 Å². The molecule has 1 aliphatic rings. The predicted octanol–water partition coefficient (Wildman–Crippen LogP) is 6.01. The van der Waals surface area contributed by atoms with Crippen molar-refractivity contribution in [2.75, 3.05) is 13.6 Å². The number of hydrogen-bond donors (Lipinski definition) is 0. The van der Waals surface area contributed by atoms with Crippen LogP contribution < -0.4 is 4.74 Å². The minimum atomic E-state index is 0.371. The summed E-state index contributed by atoms with van der Waals surface area (Å²) in [7, 11) is 2.25. The molecule has 0 spiro atoms. The molecule has 2 unspecified atom stereocenters. The summed E-state index contributed by atoms with van der Waals surface area (Å²) in [5.74, 6) is 2.49. The Hall–Kier alpha value is -1.80. The van der Waals surface area contributed by atoms with Crippen LogP contribution >= 0.6 is 0 Å². The predicted molar refractivity (Wildman–Crippen MR) is 114 cm³/mol. The quantitative estimate of drug-likeness (QED) is 0.596. The third-order valence-corrected chi connectivity index (χ3v) is 5.94. The van der Waals surface area contributed by atoms with Gasteiger partial charge in [0.2, 0.25) is 0 Å². The minimum Gasteiger partial charge on any atom is -0.490 e. The van der Waals surface area contributed by atoms with Crippen LogP contribution in [0.4, 0.5) is 0 Å². The maximum atomic E-state index is 6.31. The molecule has 1 fully saturated rings. The van der Waals surface area contributed by atoms with Crippen molar-refractivity contribution < 1.29 is 4.74 Å². The lowest BCUT2D eigenvalue weighted by molar-refractivity contribution is 0.0913. The van der Waals surface area contributed by atoms with Crippen molar-refractivity contribution in [2.24, 2.45) is 11.8 Å². The van der Waals surface area contributed by atoms with E-state index in [1.807, 2.05) is 0 Å². The van der Waals surface area contributed by atoms with Gasteiger partial charge in [-0.15, -0.1) is 0 Å². The second kappa shape index (κ2) is 9.41. The van der Waals surface area contributed by atoms with Crippen molar-refractivity contribution in [1.82, 2.24) is 4.90 Å². The highest BCUT2D eigenvalue weighted by Gasteiger charge is 2.27. The Balaban J connectivity index is 1.50. The first-order valence-electron chi connectivity index (χ1n) is 10.5. The number of ether oxygens (including phenoxy) is 1. The topological polar surface area (TPSA) is 12.5 Å². The van der Waals surface area contributed by atoms with Gasteiger partial charge in [-0.2, -0.15) is 0 Å². The SMILES string of the molecule is Cc1ccc(CN(C)CC(C)C2CCC[C@@H](Oc3cccc(C)c3)C2)cc1. The fourth-order valence-electron chi connectivity index (χ4n) is 4.40. The first-order chi connectivity index (χ1) is 13.0. The van der Waals surface area contributed by atoms with Crippen LogP contribution in [-0.2, 0) is 6.54 Å². The number of aryl methyl sites for hydroxylation is 2. The summed E-state index contributed by atoms with van der Waals surface area (Å²) in [5, 5.41) is 0. The molecule has 0 heterocycles. The van der Waals surface area contributed by atoms with Crippen molar-refractivity contribution in [3.63, 3.8) is 0 Å². The molecule has 0 aromatic heterocycles. The maximum absolute atomic E-state index is 6.31. The Morgan fingerprint density at radius 2 is 1.81 bits per heavy atom. The summed E-state index contributed by atoms with van der Waals surface area (Å²) >= 11 is 0. The Bertz CT molecular complexity index is 709. The van der Waals surface area contributed by atoms with Crippen molar-refractivity contribution in [2.45, 2.75) is 59.1 Å². The highest BCUT2D eigenvalue weighted by atomic mass is 16.5. The first-order valence-corrected chi connectivity index (χ1v) is 10.5. The van der Waals surface area contributed by atoms with Gasteiger partial charge in [-0.1, -0.05) is 48.9 Å². The molecule has 0 bridgehead atoms. The van der Waals surface area contributed by atoms with Gasteiger partial charge in [0, 0.05) is 13.1 Å². The van der Waals surface area contributed by atoms with Gasteiger partial charge in [-0.05, 0) is 81.7 Å². The zero-order valence-corrected chi connectivity index (χ0v) is 17.4. The number of hydrogen-bond acceptors (Lipinski definition) is 2. The molecule has 146 valence electrons. The summed E-state index contributed by atoms with van der Waals surface area (Å²) in [4.78, 5) is 2.47. The second-order valence-corrected chi connectivity index (χ2v) is 8.64. The standard InChI is InChI=1S/C25H35NO/c1-19-11-13-22(14-12-19)18-26(4)17-21(3)23-8-6-10-25(16-23)27-24-9-5-7-20(2)15-24/h5,7,9,11-15,21,23,25H,6,8,10,16-18H2,1-4H3/t21?,23?,25-/m1/s1. The van der Waals surface area contributed by atoms with Gasteiger partial charge in [0.15, 0.2) is 0 Å². The third kappa shape index (κ3) is 6.10. The Morgan fingerprint density at radius 3 is 2.56 bits per heavy atom. The van der Waals surface area contributed by atoms with Crippen molar-refractivity contribution in [3.8, 4) is 5.75 Å². The molecule has 2 aromatic carbocycles. The van der Waals surface area contributed by atoms with Crippen LogP contribution in [-0.4, -0.2) is 24.6 Å². The van der Waals surface area contributed by atoms with Crippen molar-refractivity contribution in [1.29, 1.82) is 0 Å². The van der Waals surface area contributed by atoms with E-state index in [1.165, 1.54) is 42.4 Å². The largest absolute Gasteiger partial charge is 0.490 e. The van der Waals surface area contributed by atoms with Crippen LogP contribution in [0.25, 0.3) is 0 Å². The lowest BCUT2D eigenvalue weighted by Crippen LogP contribution is -2.33. The smallest absolute Gasteiger partial charge is 0.119 e. The molecule has 27 heavy (non-hydrogen) atoms. The van der Waals surface area contributed by atoms with Gasteiger partial charge < -0.3 is 9.64 Å². The summed E-state index contributed by atoms with van der Waals surface area (Å²) in [6.45, 7) is 8.87. The van der Waals surface area contributed by atoms with Gasteiger partial charge in [-0.3, -0.25) is 0 Å². The maximum Gasteiger partial charge on any atom is 0.119 e. The van der Waals surface area contributed by atoms with Crippen LogP contribution in [0.2, 0.25) is 0 Å². The van der Waals surface area contributed by atoms with Gasteiger partial charge >= 0.3 is 0 Å². The molecule has 2 heteroatoms. The summed E-state index contributed by atoms with van der Waals surface area (Å²) in [6, 6.07) is 17.4. The summed E-state index contributed by atoms with van der Waals surface area (Å²) in [6.07, 6.45) is 5.37. The van der Waals surface area contributed by atoms with Gasteiger partial charge in [0.1, 0.15) is 5.75 Å². The monoisotopic (exact) mass is 365 g/mol. The summed E-state index contributed by atoms with van der Waals surface area (Å²) in [5.41, 5.74) is 4.00. The first kappa shape index (κ1) is 19.9.